The molecule has 1 fully saturated rings. The van der Waals surface area contributed by atoms with E-state index in [0.29, 0.717) is 30.2 Å². The molecule has 3 rings (SSSR count). The first-order valence-electron chi connectivity index (χ1n) is 12.6. The van der Waals surface area contributed by atoms with Crippen LogP contribution in [0.25, 0.3) is 10.4 Å². The highest BCUT2D eigenvalue weighted by Gasteiger charge is 2.71. The number of carbonyl (C=O) groups excluding carboxylic acids is 3. The SMILES string of the molecule is COC(=O)C(C)(C)CNC(=O)c1nc(C(=O)N2CCC[C@@H]2C)c(-c2ccc(C(O)(C(F)(F)F)C(F)(F)F)cc2C(F)F)s1. The Labute approximate surface area is 244 Å². The van der Waals surface area contributed by atoms with Crippen molar-refractivity contribution in [1.82, 2.24) is 15.2 Å². The lowest BCUT2D eigenvalue weighted by Crippen LogP contribution is -2.54. The minimum atomic E-state index is -6.33. The Morgan fingerprint density at radius 2 is 1.74 bits per heavy atom. The van der Waals surface area contributed by atoms with E-state index in [1.165, 1.54) is 18.7 Å². The molecule has 1 atom stereocenters. The Kier molecular flexibility index (Phi) is 9.51. The summed E-state index contributed by atoms with van der Waals surface area (Å²) in [4.78, 5) is 43.3. The van der Waals surface area contributed by atoms with Gasteiger partial charge in [0, 0.05) is 35.8 Å². The van der Waals surface area contributed by atoms with Crippen molar-refractivity contribution in [3.05, 3.63) is 40.0 Å². The zero-order chi connectivity index (χ0) is 32.7. The maximum absolute atomic E-state index is 14.2. The number of aliphatic hydroxyl groups is 1. The van der Waals surface area contributed by atoms with Crippen molar-refractivity contribution in [2.24, 2.45) is 5.41 Å². The minimum Gasteiger partial charge on any atom is -0.469 e. The zero-order valence-electron chi connectivity index (χ0n) is 23.1. The van der Waals surface area contributed by atoms with Gasteiger partial charge in [-0.15, -0.1) is 11.3 Å². The third kappa shape index (κ3) is 6.46. The second-order valence-electron chi connectivity index (χ2n) is 10.6. The van der Waals surface area contributed by atoms with Crippen LogP contribution in [-0.4, -0.2) is 71.4 Å². The van der Waals surface area contributed by atoms with Gasteiger partial charge in [-0.25, -0.2) is 13.8 Å². The molecule has 17 heteroatoms. The van der Waals surface area contributed by atoms with Crippen LogP contribution in [0.5, 0.6) is 0 Å². The van der Waals surface area contributed by atoms with E-state index in [0.717, 1.165) is 7.11 Å². The second-order valence-corrected chi connectivity index (χ2v) is 11.6. The first-order valence-corrected chi connectivity index (χ1v) is 13.5. The van der Waals surface area contributed by atoms with Gasteiger partial charge < -0.3 is 20.1 Å². The van der Waals surface area contributed by atoms with Crippen LogP contribution in [-0.2, 0) is 15.1 Å². The molecule has 43 heavy (non-hydrogen) atoms. The topological polar surface area (TPSA) is 109 Å². The van der Waals surface area contributed by atoms with E-state index in [-0.39, 0.29) is 31.3 Å². The van der Waals surface area contributed by atoms with Gasteiger partial charge in [0.15, 0.2) is 5.01 Å². The van der Waals surface area contributed by atoms with Crippen LogP contribution in [0.2, 0.25) is 0 Å². The number of hydrogen-bond donors (Lipinski definition) is 2. The monoisotopic (exact) mass is 645 g/mol. The summed E-state index contributed by atoms with van der Waals surface area (Å²) in [5, 5.41) is 11.7. The van der Waals surface area contributed by atoms with Crippen LogP contribution < -0.4 is 5.32 Å². The fraction of sp³-hybridized carbons (Fsp3) is 0.538. The molecule has 0 radical (unpaired) electrons. The van der Waals surface area contributed by atoms with Gasteiger partial charge in [0.25, 0.3) is 23.8 Å². The highest BCUT2D eigenvalue weighted by Crippen LogP contribution is 2.51. The molecule has 238 valence electrons. The van der Waals surface area contributed by atoms with Crippen molar-refractivity contribution in [3.8, 4) is 10.4 Å². The number of nitrogens with one attached hydrogen (secondary N) is 1. The van der Waals surface area contributed by atoms with Gasteiger partial charge in [0.1, 0.15) is 5.69 Å². The van der Waals surface area contributed by atoms with Crippen LogP contribution in [0.15, 0.2) is 18.2 Å². The van der Waals surface area contributed by atoms with E-state index in [1.54, 1.807) is 6.92 Å². The Bertz CT molecular complexity index is 1380. The van der Waals surface area contributed by atoms with Crippen molar-refractivity contribution in [2.45, 2.75) is 64.0 Å². The Morgan fingerprint density at radius 3 is 2.23 bits per heavy atom. The number of alkyl halides is 8. The van der Waals surface area contributed by atoms with Gasteiger partial charge in [-0.2, -0.15) is 26.3 Å². The summed E-state index contributed by atoms with van der Waals surface area (Å²) in [5.41, 5.74) is -11.1. The number of ether oxygens (including phenoxy) is 1. The van der Waals surface area contributed by atoms with Crippen molar-refractivity contribution in [1.29, 1.82) is 0 Å². The third-order valence-electron chi connectivity index (χ3n) is 7.04. The molecule has 1 aromatic heterocycles. The number of thiazole rings is 1. The largest absolute Gasteiger partial charge is 0.469 e. The number of esters is 1. The van der Waals surface area contributed by atoms with Gasteiger partial charge in [-0.1, -0.05) is 12.1 Å². The number of likely N-dealkylation sites (tertiary alicyclic amines) is 1. The Hall–Kier alpha value is -3.34. The quantitative estimate of drug-likeness (QED) is 0.285. The molecule has 0 bridgehead atoms. The number of carbonyl (C=O) groups is 3. The molecule has 0 spiro atoms. The molecule has 0 saturated carbocycles. The van der Waals surface area contributed by atoms with Crippen LogP contribution in [0.4, 0.5) is 35.1 Å². The molecular weight excluding hydrogens is 618 g/mol. The number of nitrogens with zero attached hydrogens (tertiary/aromatic N) is 2. The summed E-state index contributed by atoms with van der Waals surface area (Å²) in [7, 11) is 1.13. The molecule has 1 aliphatic heterocycles. The molecule has 8 nitrogen and oxygen atoms in total. The standard InChI is InChI=1S/C26H27F8N3O5S/c1-12-6-5-9-37(12)21(39)16-17(43-20(36-16)19(38)35-11-23(2,3)22(40)42-4)14-8-7-13(10-15(14)18(27)28)24(41,25(29,30)31)26(32,33)34/h7-8,10,12,18,41H,5-6,9,11H2,1-4H3,(H,35,38)/t12-/m0/s1. The molecule has 2 N–H and O–H groups in total. The summed E-state index contributed by atoms with van der Waals surface area (Å²) < 4.78 is 114. The maximum atomic E-state index is 14.2. The normalized spacial score (nSPS) is 16.5. The van der Waals surface area contributed by atoms with Gasteiger partial charge in [0.05, 0.1) is 17.4 Å². The summed E-state index contributed by atoms with van der Waals surface area (Å²) in [6.45, 7) is 4.58. The molecule has 1 saturated heterocycles. The smallest absolute Gasteiger partial charge is 0.430 e. The van der Waals surface area contributed by atoms with Crippen molar-refractivity contribution in [2.75, 3.05) is 20.2 Å². The summed E-state index contributed by atoms with van der Waals surface area (Å²) >= 11 is 0.403. The highest BCUT2D eigenvalue weighted by molar-refractivity contribution is 7.17. The predicted octanol–water partition coefficient (Wildman–Crippen LogP) is 5.61. The van der Waals surface area contributed by atoms with Gasteiger partial charge in [0.2, 0.25) is 0 Å². The van der Waals surface area contributed by atoms with Crippen LogP contribution in [0.1, 0.15) is 71.5 Å². The molecule has 2 heterocycles. The van der Waals surface area contributed by atoms with E-state index >= 15 is 0 Å². The van der Waals surface area contributed by atoms with E-state index in [4.69, 9.17) is 0 Å². The maximum Gasteiger partial charge on any atom is 0.430 e. The van der Waals surface area contributed by atoms with E-state index < -0.39 is 79.8 Å². The number of aromatic nitrogens is 1. The average molecular weight is 646 g/mol. The molecule has 1 aromatic carbocycles. The van der Waals surface area contributed by atoms with Gasteiger partial charge in [-0.3, -0.25) is 14.4 Å². The number of rotatable bonds is 8. The molecule has 2 amide bonds. The molecule has 0 aliphatic carbocycles. The van der Waals surface area contributed by atoms with E-state index in [1.807, 2.05) is 0 Å². The van der Waals surface area contributed by atoms with Gasteiger partial charge >= 0.3 is 18.3 Å². The lowest BCUT2D eigenvalue weighted by Gasteiger charge is -2.33. The predicted molar refractivity (Wildman–Crippen MR) is 136 cm³/mol. The molecule has 0 unspecified atom stereocenters. The molecule has 1 aliphatic rings. The second kappa shape index (κ2) is 12.0. The number of amides is 2. The van der Waals surface area contributed by atoms with Gasteiger partial charge in [-0.05, 0) is 39.7 Å². The Morgan fingerprint density at radius 1 is 1.14 bits per heavy atom. The summed E-state index contributed by atoms with van der Waals surface area (Å²) in [6.07, 6.45) is -15.1. The molecular formula is C26H27F8N3O5S. The molecule has 2 aromatic rings. The van der Waals surface area contributed by atoms with E-state index in [9.17, 15) is 54.6 Å². The number of methoxy groups -OCH3 is 1. The van der Waals surface area contributed by atoms with E-state index in [2.05, 4.69) is 15.0 Å². The number of halogens is 8. The van der Waals surface area contributed by atoms with Crippen LogP contribution in [0, 0.1) is 5.41 Å². The fourth-order valence-corrected chi connectivity index (χ4v) is 5.52. The highest BCUT2D eigenvalue weighted by atomic mass is 32.1. The Balaban J connectivity index is 2.18. The summed E-state index contributed by atoms with van der Waals surface area (Å²) in [6, 6.07) is 0.212. The van der Waals surface area contributed by atoms with Crippen molar-refractivity contribution >= 4 is 29.1 Å². The van der Waals surface area contributed by atoms with Crippen LogP contribution in [0.3, 0.4) is 0 Å². The minimum absolute atomic E-state index is 0.133. The fourth-order valence-electron chi connectivity index (χ4n) is 4.50. The lowest BCUT2D eigenvalue weighted by atomic mass is 9.89. The van der Waals surface area contributed by atoms with Crippen LogP contribution >= 0.6 is 11.3 Å². The average Bonchev–Trinajstić information content (AvgIpc) is 3.55. The van der Waals surface area contributed by atoms with Crippen molar-refractivity contribution in [3.63, 3.8) is 0 Å². The van der Waals surface area contributed by atoms with Crippen molar-refractivity contribution < 1.29 is 59.4 Å². The first-order chi connectivity index (χ1) is 19.7. The number of benzene rings is 1. The third-order valence-corrected chi connectivity index (χ3v) is 8.12. The zero-order valence-corrected chi connectivity index (χ0v) is 23.9. The number of hydrogen-bond acceptors (Lipinski definition) is 7. The first kappa shape index (κ1) is 34.2. The summed E-state index contributed by atoms with van der Waals surface area (Å²) in [5.74, 6) is -2.40. The lowest BCUT2D eigenvalue weighted by molar-refractivity contribution is -0.376.